The maximum Gasteiger partial charge on any atom is 0.256 e. The molecule has 0 saturated carbocycles. The van der Waals surface area contributed by atoms with Crippen LogP contribution in [0, 0.1) is 6.92 Å². The van der Waals surface area contributed by atoms with Crippen molar-refractivity contribution in [3.05, 3.63) is 70.9 Å². The number of hydrogen-bond donors (Lipinski definition) is 1. The lowest BCUT2D eigenvalue weighted by molar-refractivity contribution is 0.102. The molecule has 3 rings (SSSR count). The van der Waals surface area contributed by atoms with Crippen LogP contribution in [0.1, 0.15) is 15.9 Å². The quantitative estimate of drug-likeness (QED) is 0.759. The summed E-state index contributed by atoms with van der Waals surface area (Å²) in [6.45, 7) is 1.91. The van der Waals surface area contributed by atoms with E-state index in [9.17, 15) is 4.79 Å². The van der Waals surface area contributed by atoms with Gasteiger partial charge >= 0.3 is 0 Å². The van der Waals surface area contributed by atoms with Crippen LogP contribution in [0.3, 0.4) is 0 Å². The zero-order valence-corrected chi connectivity index (χ0v) is 12.2. The van der Waals surface area contributed by atoms with Gasteiger partial charge in [0.1, 0.15) is 0 Å². The van der Waals surface area contributed by atoms with Crippen molar-refractivity contribution in [3.63, 3.8) is 0 Å². The maximum absolute atomic E-state index is 12.5. The molecular formula is C17H13ClN2O. The molecule has 21 heavy (non-hydrogen) atoms. The van der Waals surface area contributed by atoms with Gasteiger partial charge in [-0.25, -0.2) is 0 Å². The maximum atomic E-state index is 12.5. The van der Waals surface area contributed by atoms with E-state index in [4.69, 9.17) is 11.6 Å². The second-order valence-corrected chi connectivity index (χ2v) is 5.23. The van der Waals surface area contributed by atoms with E-state index in [1.165, 1.54) is 0 Å². The smallest absolute Gasteiger partial charge is 0.256 e. The minimum absolute atomic E-state index is 0.154. The van der Waals surface area contributed by atoms with Gasteiger partial charge in [0.15, 0.2) is 0 Å². The molecule has 1 aromatic heterocycles. The molecule has 0 aliphatic rings. The molecule has 0 fully saturated rings. The van der Waals surface area contributed by atoms with Crippen LogP contribution in [0.25, 0.3) is 10.9 Å². The van der Waals surface area contributed by atoms with Crippen LogP contribution in [0.4, 0.5) is 5.69 Å². The minimum Gasteiger partial charge on any atom is -0.322 e. The third kappa shape index (κ3) is 2.73. The number of anilines is 1. The molecule has 1 N–H and O–H groups in total. The number of nitrogens with one attached hydrogen (secondary N) is 1. The molecule has 0 aliphatic carbocycles. The average molecular weight is 297 g/mol. The Bertz CT molecular complexity index is 825. The number of hydrogen-bond acceptors (Lipinski definition) is 2. The van der Waals surface area contributed by atoms with E-state index >= 15 is 0 Å². The Labute approximate surface area is 127 Å². The molecule has 0 aliphatic heterocycles. The van der Waals surface area contributed by atoms with Gasteiger partial charge in [-0.3, -0.25) is 9.78 Å². The van der Waals surface area contributed by atoms with E-state index in [0.29, 0.717) is 10.6 Å². The van der Waals surface area contributed by atoms with Gasteiger partial charge in [0, 0.05) is 22.3 Å². The molecule has 3 aromatic rings. The predicted molar refractivity (Wildman–Crippen MR) is 85.9 cm³/mol. The molecule has 0 radical (unpaired) electrons. The van der Waals surface area contributed by atoms with Crippen molar-refractivity contribution in [2.45, 2.75) is 6.92 Å². The molecular weight excluding hydrogens is 284 g/mol. The third-order valence-corrected chi connectivity index (χ3v) is 3.57. The third-order valence-electron chi connectivity index (χ3n) is 3.33. The topological polar surface area (TPSA) is 42.0 Å². The van der Waals surface area contributed by atoms with Gasteiger partial charge in [-0.15, -0.1) is 0 Å². The number of benzene rings is 2. The predicted octanol–water partition coefficient (Wildman–Crippen LogP) is 4.45. The highest BCUT2D eigenvalue weighted by Crippen LogP contribution is 2.22. The Morgan fingerprint density at radius 3 is 2.76 bits per heavy atom. The monoisotopic (exact) mass is 296 g/mol. The van der Waals surface area contributed by atoms with E-state index in [-0.39, 0.29) is 5.91 Å². The highest BCUT2D eigenvalue weighted by molar-refractivity contribution is 6.30. The zero-order chi connectivity index (χ0) is 14.8. The molecule has 1 heterocycles. The molecule has 1 amide bonds. The lowest BCUT2D eigenvalue weighted by Gasteiger charge is -2.10. The summed E-state index contributed by atoms with van der Waals surface area (Å²) >= 11 is 5.93. The van der Waals surface area contributed by atoms with E-state index in [0.717, 1.165) is 22.2 Å². The molecule has 104 valence electrons. The second kappa shape index (κ2) is 5.54. The van der Waals surface area contributed by atoms with Gasteiger partial charge in [0.25, 0.3) is 5.91 Å². The molecule has 4 heteroatoms. The number of para-hydroxylation sites is 1. The van der Waals surface area contributed by atoms with Crippen LogP contribution >= 0.6 is 11.6 Å². The molecule has 0 unspecified atom stereocenters. The molecule has 0 spiro atoms. The summed E-state index contributed by atoms with van der Waals surface area (Å²) in [6.07, 6.45) is 1.64. The SMILES string of the molecule is Cc1cc(Cl)ccc1NC(=O)c1ccnc2ccccc12. The van der Waals surface area contributed by atoms with Crippen LogP contribution < -0.4 is 5.32 Å². The van der Waals surface area contributed by atoms with Gasteiger partial charge in [0.2, 0.25) is 0 Å². The summed E-state index contributed by atoms with van der Waals surface area (Å²) in [5.41, 5.74) is 3.09. The first-order valence-corrected chi connectivity index (χ1v) is 6.94. The van der Waals surface area contributed by atoms with E-state index < -0.39 is 0 Å². The molecule has 2 aromatic carbocycles. The fourth-order valence-corrected chi connectivity index (χ4v) is 2.48. The minimum atomic E-state index is -0.154. The van der Waals surface area contributed by atoms with Crippen molar-refractivity contribution in [2.75, 3.05) is 5.32 Å². The summed E-state index contributed by atoms with van der Waals surface area (Å²) in [6, 6.07) is 14.7. The summed E-state index contributed by atoms with van der Waals surface area (Å²) in [5, 5.41) is 4.41. The number of halogens is 1. The first-order chi connectivity index (χ1) is 10.1. The molecule has 3 nitrogen and oxygen atoms in total. The highest BCUT2D eigenvalue weighted by Gasteiger charge is 2.11. The number of pyridine rings is 1. The first-order valence-electron chi connectivity index (χ1n) is 6.56. The number of nitrogens with zero attached hydrogens (tertiary/aromatic N) is 1. The van der Waals surface area contributed by atoms with Crippen LogP contribution in [0.5, 0.6) is 0 Å². The Morgan fingerprint density at radius 2 is 1.95 bits per heavy atom. The number of rotatable bonds is 2. The molecule has 0 saturated heterocycles. The normalized spacial score (nSPS) is 10.6. The lowest BCUT2D eigenvalue weighted by atomic mass is 10.1. The number of amides is 1. The number of fused-ring (bicyclic) bond motifs is 1. The lowest BCUT2D eigenvalue weighted by Crippen LogP contribution is -2.13. The summed E-state index contributed by atoms with van der Waals surface area (Å²) in [5.74, 6) is -0.154. The summed E-state index contributed by atoms with van der Waals surface area (Å²) in [4.78, 5) is 16.8. The van der Waals surface area contributed by atoms with Gasteiger partial charge in [-0.2, -0.15) is 0 Å². The van der Waals surface area contributed by atoms with Gasteiger partial charge in [-0.1, -0.05) is 29.8 Å². The van der Waals surface area contributed by atoms with E-state index in [1.807, 2.05) is 37.3 Å². The highest BCUT2D eigenvalue weighted by atomic mass is 35.5. The summed E-state index contributed by atoms with van der Waals surface area (Å²) < 4.78 is 0. The molecule has 0 atom stereocenters. The standard InChI is InChI=1S/C17H13ClN2O/c1-11-10-12(18)6-7-15(11)20-17(21)14-8-9-19-16-5-3-2-4-13(14)16/h2-10H,1H3,(H,20,21). The van der Waals surface area contributed by atoms with Crippen LogP contribution in [0.15, 0.2) is 54.7 Å². The van der Waals surface area contributed by atoms with E-state index in [2.05, 4.69) is 10.3 Å². The Morgan fingerprint density at radius 1 is 1.14 bits per heavy atom. The van der Waals surface area contributed by atoms with Crippen molar-refractivity contribution < 1.29 is 4.79 Å². The van der Waals surface area contributed by atoms with Crippen molar-refractivity contribution in [3.8, 4) is 0 Å². The Kier molecular flexibility index (Phi) is 3.59. The van der Waals surface area contributed by atoms with Gasteiger partial charge < -0.3 is 5.32 Å². The van der Waals surface area contributed by atoms with Gasteiger partial charge in [0.05, 0.1) is 11.1 Å². The molecule has 0 bridgehead atoms. The van der Waals surface area contributed by atoms with Crippen LogP contribution in [0.2, 0.25) is 5.02 Å². The van der Waals surface area contributed by atoms with Crippen molar-refractivity contribution in [1.29, 1.82) is 0 Å². The average Bonchev–Trinajstić information content (AvgIpc) is 2.49. The first kappa shape index (κ1) is 13.6. The number of aryl methyl sites for hydroxylation is 1. The van der Waals surface area contributed by atoms with Crippen LogP contribution in [-0.2, 0) is 0 Å². The summed E-state index contributed by atoms with van der Waals surface area (Å²) in [7, 11) is 0. The Balaban J connectivity index is 1.97. The number of carbonyl (C=O) groups is 1. The van der Waals surface area contributed by atoms with Crippen LogP contribution in [-0.4, -0.2) is 10.9 Å². The largest absolute Gasteiger partial charge is 0.322 e. The van der Waals surface area contributed by atoms with E-state index in [1.54, 1.807) is 24.4 Å². The fourth-order valence-electron chi connectivity index (χ4n) is 2.25. The second-order valence-electron chi connectivity index (χ2n) is 4.79. The Hall–Kier alpha value is -2.39. The van der Waals surface area contributed by atoms with Crippen molar-refractivity contribution in [1.82, 2.24) is 4.98 Å². The van der Waals surface area contributed by atoms with Crippen molar-refractivity contribution >= 4 is 34.1 Å². The number of carbonyl (C=O) groups excluding carboxylic acids is 1. The zero-order valence-electron chi connectivity index (χ0n) is 11.4. The fraction of sp³-hybridized carbons (Fsp3) is 0.0588. The van der Waals surface area contributed by atoms with Gasteiger partial charge in [-0.05, 0) is 42.8 Å². The number of aromatic nitrogens is 1. The van der Waals surface area contributed by atoms with Crippen molar-refractivity contribution in [2.24, 2.45) is 0 Å².